The molecule has 2 aromatic rings. The average molecular weight is 320 g/mol. The van der Waals surface area contributed by atoms with Crippen molar-refractivity contribution >= 4 is 17.7 Å². The second-order valence-electron chi connectivity index (χ2n) is 4.74. The molecule has 0 spiro atoms. The average Bonchev–Trinajstić information content (AvgIpc) is 2.92. The Morgan fingerprint density at radius 1 is 1.30 bits per heavy atom. The summed E-state index contributed by atoms with van der Waals surface area (Å²) < 4.78 is 15.5. The summed E-state index contributed by atoms with van der Waals surface area (Å²) in [6.07, 6.45) is -0.850. The Kier molecular flexibility index (Phi) is 4.85. The van der Waals surface area contributed by atoms with Gasteiger partial charge in [-0.3, -0.25) is 4.79 Å². The first-order valence-corrected chi connectivity index (χ1v) is 6.73. The fourth-order valence-electron chi connectivity index (χ4n) is 1.80. The Labute approximate surface area is 132 Å². The number of methoxy groups -OCH3 is 1. The molecule has 1 unspecified atom stereocenters. The minimum Gasteiger partial charge on any atom is -0.493 e. The lowest BCUT2D eigenvalue weighted by Crippen LogP contribution is -2.30. The van der Waals surface area contributed by atoms with E-state index in [4.69, 9.17) is 19.1 Å². The maximum atomic E-state index is 12.0. The highest BCUT2D eigenvalue weighted by molar-refractivity contribution is 5.93. The zero-order valence-electron chi connectivity index (χ0n) is 12.8. The van der Waals surface area contributed by atoms with Crippen LogP contribution in [0.5, 0.6) is 11.5 Å². The van der Waals surface area contributed by atoms with Crippen LogP contribution >= 0.6 is 0 Å². The van der Waals surface area contributed by atoms with Crippen molar-refractivity contribution in [2.75, 3.05) is 12.4 Å². The van der Waals surface area contributed by atoms with Gasteiger partial charge >= 0.3 is 5.97 Å². The number of anilines is 1. The lowest BCUT2D eigenvalue weighted by Gasteiger charge is -2.16. The first kappa shape index (κ1) is 16.3. The number of nitrogens with zero attached hydrogens (tertiary/aromatic N) is 1. The summed E-state index contributed by atoms with van der Waals surface area (Å²) in [5.41, 5.74) is 0.0596. The Bertz CT molecular complexity index is 725. The molecule has 2 rings (SSSR count). The van der Waals surface area contributed by atoms with Crippen molar-refractivity contribution in [3.05, 3.63) is 35.6 Å². The summed E-state index contributed by atoms with van der Waals surface area (Å²) >= 11 is 0. The molecule has 0 aliphatic rings. The summed E-state index contributed by atoms with van der Waals surface area (Å²) in [6, 6.07) is 5.70. The second-order valence-corrected chi connectivity index (χ2v) is 4.74. The highest BCUT2D eigenvalue weighted by Gasteiger charge is 2.19. The first-order chi connectivity index (χ1) is 10.9. The fraction of sp³-hybridized carbons (Fsp3) is 0.267. The van der Waals surface area contributed by atoms with Crippen molar-refractivity contribution in [1.82, 2.24) is 5.16 Å². The largest absolute Gasteiger partial charge is 0.493 e. The molecule has 1 aromatic heterocycles. The number of nitrogens with one attached hydrogen (secondary N) is 1. The molecule has 0 saturated heterocycles. The second kappa shape index (κ2) is 6.82. The van der Waals surface area contributed by atoms with Crippen molar-refractivity contribution in [2.24, 2.45) is 0 Å². The molecule has 0 bridgehead atoms. The van der Waals surface area contributed by atoms with Gasteiger partial charge in [-0.1, -0.05) is 5.16 Å². The molecule has 0 aliphatic heterocycles. The van der Waals surface area contributed by atoms with E-state index in [-0.39, 0.29) is 22.9 Å². The number of benzene rings is 1. The van der Waals surface area contributed by atoms with E-state index in [9.17, 15) is 9.59 Å². The number of amides is 1. The van der Waals surface area contributed by atoms with Gasteiger partial charge in [-0.2, -0.15) is 0 Å². The monoisotopic (exact) mass is 320 g/mol. The number of carboxylic acid groups (broad SMARTS) is 1. The number of carbonyl (C=O) groups is 2. The van der Waals surface area contributed by atoms with E-state index in [0.29, 0.717) is 5.76 Å². The number of hydrogen-bond donors (Lipinski definition) is 2. The van der Waals surface area contributed by atoms with Gasteiger partial charge in [-0.05, 0) is 32.0 Å². The Hall–Kier alpha value is -3.03. The fourth-order valence-corrected chi connectivity index (χ4v) is 1.80. The third kappa shape index (κ3) is 4.00. The molecule has 1 aromatic carbocycles. The number of rotatable bonds is 6. The lowest BCUT2D eigenvalue weighted by molar-refractivity contribution is -0.122. The maximum absolute atomic E-state index is 12.0. The SMILES string of the molecule is COc1cc(C(=O)O)ccc1OC(C)C(=O)Nc1cc(C)on1. The zero-order chi connectivity index (χ0) is 17.0. The number of aromatic nitrogens is 1. The summed E-state index contributed by atoms with van der Waals surface area (Å²) in [5, 5.41) is 15.2. The number of hydrogen-bond acceptors (Lipinski definition) is 6. The van der Waals surface area contributed by atoms with Crippen LogP contribution in [0.15, 0.2) is 28.8 Å². The molecule has 0 radical (unpaired) electrons. The van der Waals surface area contributed by atoms with Crippen LogP contribution in [0.2, 0.25) is 0 Å². The summed E-state index contributed by atoms with van der Waals surface area (Å²) in [4.78, 5) is 23.0. The van der Waals surface area contributed by atoms with Crippen LogP contribution in [0.1, 0.15) is 23.0 Å². The molecule has 1 amide bonds. The Morgan fingerprint density at radius 2 is 2.04 bits per heavy atom. The highest BCUT2D eigenvalue weighted by Crippen LogP contribution is 2.29. The van der Waals surface area contributed by atoms with Crippen LogP contribution in [-0.2, 0) is 4.79 Å². The molecule has 2 N–H and O–H groups in total. The molecule has 0 fully saturated rings. The van der Waals surface area contributed by atoms with Gasteiger partial charge < -0.3 is 24.4 Å². The van der Waals surface area contributed by atoms with Gasteiger partial charge in [0.15, 0.2) is 23.4 Å². The summed E-state index contributed by atoms with van der Waals surface area (Å²) in [6.45, 7) is 3.25. The molecule has 122 valence electrons. The number of aryl methyl sites for hydroxylation is 1. The highest BCUT2D eigenvalue weighted by atomic mass is 16.5. The van der Waals surface area contributed by atoms with E-state index >= 15 is 0 Å². The summed E-state index contributed by atoms with van der Waals surface area (Å²) in [7, 11) is 1.39. The lowest BCUT2D eigenvalue weighted by atomic mass is 10.2. The molecule has 23 heavy (non-hydrogen) atoms. The minimum atomic E-state index is -1.08. The molecule has 0 saturated carbocycles. The van der Waals surface area contributed by atoms with Gasteiger partial charge in [0.1, 0.15) is 5.76 Å². The first-order valence-electron chi connectivity index (χ1n) is 6.73. The van der Waals surface area contributed by atoms with Crippen LogP contribution in [0, 0.1) is 6.92 Å². The van der Waals surface area contributed by atoms with Crippen LogP contribution in [0.25, 0.3) is 0 Å². The predicted molar refractivity (Wildman–Crippen MR) is 79.9 cm³/mol. The van der Waals surface area contributed by atoms with Crippen molar-refractivity contribution in [2.45, 2.75) is 20.0 Å². The maximum Gasteiger partial charge on any atom is 0.335 e. The van der Waals surface area contributed by atoms with Gasteiger partial charge in [-0.25, -0.2) is 4.79 Å². The Morgan fingerprint density at radius 3 is 2.61 bits per heavy atom. The number of aromatic carboxylic acids is 1. The van der Waals surface area contributed by atoms with E-state index in [0.717, 1.165) is 0 Å². The predicted octanol–water partition coefficient (Wildman–Crippen LogP) is 2.10. The number of carbonyl (C=O) groups excluding carboxylic acids is 1. The van der Waals surface area contributed by atoms with Gasteiger partial charge in [0.2, 0.25) is 0 Å². The van der Waals surface area contributed by atoms with Gasteiger partial charge in [0.25, 0.3) is 5.91 Å². The van der Waals surface area contributed by atoms with Gasteiger partial charge in [0.05, 0.1) is 12.7 Å². The molecular formula is C15H16N2O6. The van der Waals surface area contributed by atoms with Gasteiger partial charge in [-0.15, -0.1) is 0 Å². The van der Waals surface area contributed by atoms with E-state index in [1.54, 1.807) is 19.9 Å². The molecular weight excluding hydrogens is 304 g/mol. The number of carboxylic acids is 1. The van der Waals surface area contributed by atoms with E-state index in [2.05, 4.69) is 10.5 Å². The van der Waals surface area contributed by atoms with E-state index < -0.39 is 18.0 Å². The summed E-state index contributed by atoms with van der Waals surface area (Å²) in [5.74, 6) is -0.168. The van der Waals surface area contributed by atoms with Crippen LogP contribution in [0.3, 0.4) is 0 Å². The zero-order valence-corrected chi connectivity index (χ0v) is 12.8. The number of ether oxygens (including phenoxy) is 2. The van der Waals surface area contributed by atoms with Crippen LogP contribution < -0.4 is 14.8 Å². The third-order valence-corrected chi connectivity index (χ3v) is 2.96. The third-order valence-electron chi connectivity index (χ3n) is 2.96. The van der Waals surface area contributed by atoms with Gasteiger partial charge in [0, 0.05) is 6.07 Å². The van der Waals surface area contributed by atoms with Crippen molar-refractivity contribution < 1.29 is 28.7 Å². The molecule has 1 atom stereocenters. The van der Waals surface area contributed by atoms with Crippen LogP contribution in [-0.4, -0.2) is 35.4 Å². The molecule has 8 nitrogen and oxygen atoms in total. The van der Waals surface area contributed by atoms with Crippen molar-refractivity contribution in [1.29, 1.82) is 0 Å². The van der Waals surface area contributed by atoms with E-state index in [1.165, 1.54) is 25.3 Å². The molecule has 1 heterocycles. The smallest absolute Gasteiger partial charge is 0.335 e. The normalized spacial score (nSPS) is 11.6. The minimum absolute atomic E-state index is 0.0596. The topological polar surface area (TPSA) is 111 Å². The van der Waals surface area contributed by atoms with Crippen LogP contribution in [0.4, 0.5) is 5.82 Å². The van der Waals surface area contributed by atoms with Crippen molar-refractivity contribution in [3.63, 3.8) is 0 Å². The van der Waals surface area contributed by atoms with Crippen molar-refractivity contribution in [3.8, 4) is 11.5 Å². The molecule has 0 aliphatic carbocycles. The quantitative estimate of drug-likeness (QED) is 0.838. The molecule has 8 heteroatoms. The standard InChI is InChI=1S/C15H16N2O6/c1-8-6-13(17-23-8)16-14(18)9(2)22-11-5-4-10(15(19)20)7-12(11)21-3/h4-7,9H,1-3H3,(H,19,20)(H,16,17,18). The van der Waals surface area contributed by atoms with E-state index in [1.807, 2.05) is 0 Å². The Balaban J connectivity index is 2.08.